The number of benzene rings is 2. The molecular weight excluding hydrogens is 404 g/mol. The van der Waals surface area contributed by atoms with Gasteiger partial charge in [0, 0.05) is 18.2 Å². The van der Waals surface area contributed by atoms with Crippen molar-refractivity contribution in [2.75, 3.05) is 20.7 Å². The minimum absolute atomic E-state index is 0.0408. The van der Waals surface area contributed by atoms with Crippen molar-refractivity contribution >= 4 is 10.0 Å². The van der Waals surface area contributed by atoms with Crippen molar-refractivity contribution in [3.05, 3.63) is 66.1 Å². The number of hydrogen-bond donors (Lipinski definition) is 1. The van der Waals surface area contributed by atoms with E-state index in [0.717, 1.165) is 16.9 Å². The molecular formula is C21H24N4O4S. The molecule has 1 aliphatic heterocycles. The molecule has 3 aromatic rings. The zero-order valence-electron chi connectivity index (χ0n) is 16.9. The largest absolute Gasteiger partial charge is 0.497 e. The molecule has 0 radical (unpaired) electrons. The van der Waals surface area contributed by atoms with Crippen LogP contribution in [0.1, 0.15) is 23.9 Å². The van der Waals surface area contributed by atoms with Crippen LogP contribution >= 0.6 is 0 Å². The molecule has 2 unspecified atom stereocenters. The minimum atomic E-state index is -3.45. The molecule has 0 saturated carbocycles. The highest BCUT2D eigenvalue weighted by Crippen LogP contribution is 2.31. The second-order valence-electron chi connectivity index (χ2n) is 7.44. The van der Waals surface area contributed by atoms with Gasteiger partial charge in [-0.15, -0.1) is 0 Å². The summed E-state index contributed by atoms with van der Waals surface area (Å²) in [6, 6.07) is 16.2. The van der Waals surface area contributed by atoms with Crippen LogP contribution in [0.5, 0.6) is 5.75 Å². The lowest BCUT2D eigenvalue weighted by molar-refractivity contribution is 0.244. The fourth-order valence-electron chi connectivity index (χ4n) is 3.69. The fraction of sp³-hybridized carbons (Fsp3) is 0.333. The summed E-state index contributed by atoms with van der Waals surface area (Å²) in [5, 5.41) is 4.08. The number of hydrogen-bond acceptors (Lipinski definition) is 7. The monoisotopic (exact) mass is 428 g/mol. The van der Waals surface area contributed by atoms with Crippen molar-refractivity contribution < 1.29 is 17.7 Å². The van der Waals surface area contributed by atoms with E-state index in [1.54, 1.807) is 7.11 Å². The third-order valence-electron chi connectivity index (χ3n) is 5.17. The summed E-state index contributed by atoms with van der Waals surface area (Å²) >= 11 is 0. The molecule has 4 rings (SSSR count). The first-order valence-corrected chi connectivity index (χ1v) is 11.3. The Morgan fingerprint density at radius 2 is 1.90 bits per heavy atom. The number of likely N-dealkylation sites (tertiary alicyclic amines) is 1. The van der Waals surface area contributed by atoms with Gasteiger partial charge in [0.15, 0.2) is 0 Å². The molecule has 2 heterocycles. The maximum Gasteiger partial charge on any atom is 0.244 e. The molecule has 1 fully saturated rings. The summed E-state index contributed by atoms with van der Waals surface area (Å²) < 4.78 is 38.6. The quantitative estimate of drug-likeness (QED) is 0.618. The summed E-state index contributed by atoms with van der Waals surface area (Å²) in [5.41, 5.74) is 1.58. The summed E-state index contributed by atoms with van der Waals surface area (Å²) in [4.78, 5) is 6.56. The van der Waals surface area contributed by atoms with Crippen LogP contribution in [0.2, 0.25) is 0 Å². The van der Waals surface area contributed by atoms with E-state index in [0.29, 0.717) is 24.7 Å². The van der Waals surface area contributed by atoms with Crippen molar-refractivity contribution in [1.29, 1.82) is 0 Å². The third kappa shape index (κ3) is 4.69. The first kappa shape index (κ1) is 20.5. The Balaban J connectivity index is 1.42. The van der Waals surface area contributed by atoms with E-state index in [1.165, 1.54) is 0 Å². The number of sulfonamides is 1. The molecule has 0 aliphatic carbocycles. The zero-order valence-corrected chi connectivity index (χ0v) is 17.7. The topological polar surface area (TPSA) is 97.6 Å². The smallest absolute Gasteiger partial charge is 0.244 e. The lowest BCUT2D eigenvalue weighted by Crippen LogP contribution is -2.37. The Morgan fingerprint density at radius 1 is 1.17 bits per heavy atom. The number of nitrogens with one attached hydrogen (secondary N) is 1. The Bertz CT molecular complexity index is 1080. The van der Waals surface area contributed by atoms with Gasteiger partial charge in [0.05, 0.1) is 18.9 Å². The minimum Gasteiger partial charge on any atom is -0.497 e. The van der Waals surface area contributed by atoms with Crippen LogP contribution in [-0.4, -0.2) is 50.2 Å². The van der Waals surface area contributed by atoms with Crippen LogP contribution in [0.3, 0.4) is 0 Å². The number of nitrogens with zero attached hydrogens (tertiary/aromatic N) is 3. The van der Waals surface area contributed by atoms with E-state index in [9.17, 15) is 8.42 Å². The molecule has 158 valence electrons. The molecule has 2 aromatic carbocycles. The van der Waals surface area contributed by atoms with E-state index in [-0.39, 0.29) is 17.8 Å². The van der Waals surface area contributed by atoms with Gasteiger partial charge in [-0.1, -0.05) is 35.5 Å². The van der Waals surface area contributed by atoms with E-state index >= 15 is 0 Å². The summed E-state index contributed by atoms with van der Waals surface area (Å²) in [5.74, 6) is 1.69. The van der Waals surface area contributed by atoms with Crippen LogP contribution in [-0.2, 0) is 15.8 Å². The number of rotatable bonds is 7. The average Bonchev–Trinajstić information content (AvgIpc) is 3.34. The standard InChI is InChI=1S/C21H24N4O4S/c1-25-13-17(24-30(26,27)14-15-6-4-3-5-7-15)12-19(25)21-22-20(23-29-21)16-8-10-18(28-2)11-9-16/h3-11,17,19,24H,12-14H2,1-2H3. The van der Waals surface area contributed by atoms with Gasteiger partial charge >= 0.3 is 0 Å². The number of ether oxygens (including phenoxy) is 1. The van der Waals surface area contributed by atoms with Gasteiger partial charge in [0.1, 0.15) is 5.75 Å². The molecule has 1 N–H and O–H groups in total. The van der Waals surface area contributed by atoms with Crippen LogP contribution in [0.25, 0.3) is 11.4 Å². The maximum absolute atomic E-state index is 12.6. The number of methoxy groups -OCH3 is 1. The van der Waals surface area contributed by atoms with Gasteiger partial charge in [-0.05, 0) is 43.3 Å². The Morgan fingerprint density at radius 3 is 2.60 bits per heavy atom. The molecule has 8 nitrogen and oxygen atoms in total. The van der Waals surface area contributed by atoms with Gasteiger partial charge in [0.2, 0.25) is 21.7 Å². The summed E-state index contributed by atoms with van der Waals surface area (Å²) in [6.45, 7) is 0.568. The SMILES string of the molecule is COc1ccc(-c2noc(C3CC(NS(=O)(=O)Cc4ccccc4)CN3C)n2)cc1. The molecule has 9 heteroatoms. The third-order valence-corrected chi connectivity index (χ3v) is 6.57. The summed E-state index contributed by atoms with van der Waals surface area (Å²) in [6.07, 6.45) is 0.564. The van der Waals surface area contributed by atoms with E-state index in [4.69, 9.17) is 9.26 Å². The van der Waals surface area contributed by atoms with Gasteiger partial charge in [0.25, 0.3) is 0 Å². The molecule has 0 spiro atoms. The summed E-state index contributed by atoms with van der Waals surface area (Å²) in [7, 11) is 0.0903. The Labute approximate surface area is 175 Å². The van der Waals surface area contributed by atoms with Crippen molar-refractivity contribution in [3.8, 4) is 17.1 Å². The molecule has 0 amide bonds. The highest BCUT2D eigenvalue weighted by Gasteiger charge is 2.36. The first-order valence-electron chi connectivity index (χ1n) is 9.66. The predicted molar refractivity (Wildman–Crippen MR) is 112 cm³/mol. The van der Waals surface area contributed by atoms with Crippen molar-refractivity contribution in [1.82, 2.24) is 19.8 Å². The predicted octanol–water partition coefficient (Wildman–Crippen LogP) is 2.61. The highest BCUT2D eigenvalue weighted by molar-refractivity contribution is 7.88. The van der Waals surface area contributed by atoms with Crippen LogP contribution in [0.4, 0.5) is 0 Å². The Kier molecular flexibility index (Phi) is 5.85. The van der Waals surface area contributed by atoms with Gasteiger partial charge < -0.3 is 9.26 Å². The van der Waals surface area contributed by atoms with Crippen molar-refractivity contribution in [2.45, 2.75) is 24.3 Å². The molecule has 2 atom stereocenters. The van der Waals surface area contributed by atoms with Crippen LogP contribution < -0.4 is 9.46 Å². The van der Waals surface area contributed by atoms with Crippen molar-refractivity contribution in [3.63, 3.8) is 0 Å². The van der Waals surface area contributed by atoms with E-state index < -0.39 is 10.0 Å². The molecule has 0 bridgehead atoms. The van der Waals surface area contributed by atoms with Gasteiger partial charge in [-0.25, -0.2) is 13.1 Å². The lowest BCUT2D eigenvalue weighted by Gasteiger charge is -2.14. The van der Waals surface area contributed by atoms with Gasteiger partial charge in [-0.2, -0.15) is 4.98 Å². The van der Waals surface area contributed by atoms with Crippen LogP contribution in [0, 0.1) is 0 Å². The first-order chi connectivity index (χ1) is 14.4. The molecule has 30 heavy (non-hydrogen) atoms. The fourth-order valence-corrected chi connectivity index (χ4v) is 5.08. The second kappa shape index (κ2) is 8.55. The molecule has 1 aliphatic rings. The average molecular weight is 429 g/mol. The van der Waals surface area contributed by atoms with E-state index in [2.05, 4.69) is 14.9 Å². The lowest BCUT2D eigenvalue weighted by atomic mass is 10.2. The number of likely N-dealkylation sites (N-methyl/N-ethyl adjacent to an activating group) is 1. The Hall–Kier alpha value is -2.75. The molecule has 1 aromatic heterocycles. The highest BCUT2D eigenvalue weighted by atomic mass is 32.2. The number of aromatic nitrogens is 2. The van der Waals surface area contributed by atoms with E-state index in [1.807, 2.05) is 66.5 Å². The molecule has 1 saturated heterocycles. The zero-order chi connectivity index (χ0) is 21.1. The maximum atomic E-state index is 12.6. The second-order valence-corrected chi connectivity index (χ2v) is 9.19. The normalized spacial score (nSPS) is 19.8. The van der Waals surface area contributed by atoms with Crippen molar-refractivity contribution in [2.24, 2.45) is 0 Å². The van der Waals surface area contributed by atoms with Gasteiger partial charge in [-0.3, -0.25) is 4.90 Å². The van der Waals surface area contributed by atoms with Crippen LogP contribution in [0.15, 0.2) is 59.1 Å².